The fourth-order valence-corrected chi connectivity index (χ4v) is 4.78. The van der Waals surface area contributed by atoms with Crippen molar-refractivity contribution in [3.05, 3.63) is 74.7 Å². The molecule has 5 heteroatoms. The third kappa shape index (κ3) is 2.18. The first-order chi connectivity index (χ1) is 11.6. The van der Waals surface area contributed by atoms with Gasteiger partial charge in [-0.2, -0.15) is 5.26 Å². The molecule has 24 heavy (non-hydrogen) atoms. The standard InChI is InChI=1S/C19H14BrN3S/c1-23-15-8-7-12(20)9-13(15)17-16(11-5-3-2-4-6-11)14(10-21)18(22)24-19(17)23/h2-9,16H,22H2,1H3/t16-/m0/s1. The lowest BCUT2D eigenvalue weighted by Crippen LogP contribution is -2.14. The van der Waals surface area contributed by atoms with Crippen LogP contribution in [0.4, 0.5) is 0 Å². The average molecular weight is 396 g/mol. The highest BCUT2D eigenvalue weighted by Crippen LogP contribution is 2.49. The maximum atomic E-state index is 9.73. The molecule has 0 spiro atoms. The normalized spacial score (nSPS) is 17.0. The Balaban J connectivity index is 2.10. The molecule has 0 saturated heterocycles. The van der Waals surface area contributed by atoms with E-state index in [0.717, 1.165) is 31.5 Å². The number of hydrogen-bond donors (Lipinski definition) is 1. The van der Waals surface area contributed by atoms with Gasteiger partial charge < -0.3 is 10.3 Å². The number of allylic oxidation sites excluding steroid dienone is 1. The zero-order valence-corrected chi connectivity index (χ0v) is 15.4. The van der Waals surface area contributed by atoms with E-state index in [1.807, 2.05) is 24.3 Å². The minimum atomic E-state index is -0.134. The number of nitriles is 1. The molecule has 1 atom stereocenters. The molecule has 4 rings (SSSR count). The predicted molar refractivity (Wildman–Crippen MR) is 102 cm³/mol. The van der Waals surface area contributed by atoms with Crippen LogP contribution in [-0.4, -0.2) is 4.57 Å². The first-order valence-electron chi connectivity index (χ1n) is 7.52. The van der Waals surface area contributed by atoms with Crippen molar-refractivity contribution < 1.29 is 0 Å². The van der Waals surface area contributed by atoms with E-state index in [0.29, 0.717) is 10.6 Å². The molecule has 0 unspecified atom stereocenters. The summed E-state index contributed by atoms with van der Waals surface area (Å²) < 4.78 is 3.19. The molecule has 3 nitrogen and oxygen atoms in total. The van der Waals surface area contributed by atoms with Gasteiger partial charge in [0.2, 0.25) is 0 Å². The van der Waals surface area contributed by atoms with Crippen LogP contribution in [0.25, 0.3) is 10.9 Å². The van der Waals surface area contributed by atoms with Gasteiger partial charge in [0.1, 0.15) is 0 Å². The van der Waals surface area contributed by atoms with Crippen LogP contribution >= 0.6 is 27.7 Å². The molecule has 2 heterocycles. The van der Waals surface area contributed by atoms with Gasteiger partial charge in [0, 0.05) is 33.9 Å². The van der Waals surface area contributed by atoms with Crippen LogP contribution in [0.2, 0.25) is 0 Å². The van der Waals surface area contributed by atoms with E-state index in [4.69, 9.17) is 5.73 Å². The zero-order valence-electron chi connectivity index (χ0n) is 13.0. The molecule has 0 bridgehead atoms. The molecule has 1 aliphatic heterocycles. The molecule has 1 aliphatic rings. The summed E-state index contributed by atoms with van der Waals surface area (Å²) in [6.07, 6.45) is 0. The molecule has 2 aromatic carbocycles. The number of aromatic nitrogens is 1. The van der Waals surface area contributed by atoms with E-state index in [9.17, 15) is 5.26 Å². The zero-order chi connectivity index (χ0) is 16.8. The summed E-state index contributed by atoms with van der Waals surface area (Å²) in [5, 5.41) is 12.6. The quantitative estimate of drug-likeness (QED) is 0.638. The summed E-state index contributed by atoms with van der Waals surface area (Å²) >= 11 is 5.06. The fourth-order valence-electron chi connectivity index (χ4n) is 3.37. The monoisotopic (exact) mass is 395 g/mol. The van der Waals surface area contributed by atoms with Gasteiger partial charge in [-0.15, -0.1) is 0 Å². The maximum Gasteiger partial charge on any atom is 0.0984 e. The second-order valence-electron chi connectivity index (χ2n) is 5.77. The van der Waals surface area contributed by atoms with Crippen molar-refractivity contribution in [1.82, 2.24) is 4.57 Å². The third-order valence-corrected chi connectivity index (χ3v) is 6.07. The molecule has 0 fully saturated rings. The summed E-state index contributed by atoms with van der Waals surface area (Å²) in [7, 11) is 2.05. The minimum absolute atomic E-state index is 0.134. The number of nitrogens with two attached hydrogens (primary N) is 1. The molecular weight excluding hydrogens is 382 g/mol. The van der Waals surface area contributed by atoms with Crippen LogP contribution in [0, 0.1) is 11.3 Å². The smallest absolute Gasteiger partial charge is 0.0984 e. The molecular formula is C19H14BrN3S. The second kappa shape index (κ2) is 5.73. The summed E-state index contributed by atoms with van der Waals surface area (Å²) in [4.78, 5) is 0. The van der Waals surface area contributed by atoms with Gasteiger partial charge in [0.25, 0.3) is 0 Å². The van der Waals surface area contributed by atoms with Gasteiger partial charge in [0.15, 0.2) is 0 Å². The van der Waals surface area contributed by atoms with Gasteiger partial charge in [0.05, 0.1) is 21.7 Å². The Morgan fingerprint density at radius 1 is 1.21 bits per heavy atom. The van der Waals surface area contributed by atoms with Gasteiger partial charge in [-0.25, -0.2) is 0 Å². The first kappa shape index (κ1) is 15.4. The van der Waals surface area contributed by atoms with Crippen molar-refractivity contribution in [2.45, 2.75) is 10.9 Å². The highest BCUT2D eigenvalue weighted by molar-refractivity contribution is 9.10. The van der Waals surface area contributed by atoms with Crippen molar-refractivity contribution in [3.8, 4) is 6.07 Å². The maximum absolute atomic E-state index is 9.73. The predicted octanol–water partition coefficient (Wildman–Crippen LogP) is 4.87. The number of nitrogens with zero attached hydrogens (tertiary/aromatic N) is 2. The molecule has 0 saturated carbocycles. The molecule has 0 radical (unpaired) electrons. The van der Waals surface area contributed by atoms with Crippen LogP contribution in [0.1, 0.15) is 17.0 Å². The summed E-state index contributed by atoms with van der Waals surface area (Å²) in [6.45, 7) is 0. The Morgan fingerprint density at radius 2 is 1.96 bits per heavy atom. The van der Waals surface area contributed by atoms with Crippen LogP contribution in [-0.2, 0) is 7.05 Å². The van der Waals surface area contributed by atoms with Crippen LogP contribution in [0.15, 0.2) is 68.6 Å². The van der Waals surface area contributed by atoms with Crippen molar-refractivity contribution in [1.29, 1.82) is 5.26 Å². The Kier molecular flexibility index (Phi) is 3.67. The molecule has 0 amide bonds. The van der Waals surface area contributed by atoms with E-state index < -0.39 is 0 Å². The number of rotatable bonds is 1. The lowest BCUT2D eigenvalue weighted by Gasteiger charge is -2.24. The SMILES string of the molecule is Cn1c2c(c3cc(Br)ccc31)[C@@H](c1ccccc1)C(C#N)=C(N)S2. The van der Waals surface area contributed by atoms with E-state index in [-0.39, 0.29) is 5.92 Å². The lowest BCUT2D eigenvalue weighted by molar-refractivity contribution is 0.813. The Morgan fingerprint density at radius 3 is 2.67 bits per heavy atom. The fraction of sp³-hybridized carbons (Fsp3) is 0.105. The van der Waals surface area contributed by atoms with Crippen molar-refractivity contribution >= 4 is 38.6 Å². The van der Waals surface area contributed by atoms with Crippen molar-refractivity contribution in [2.75, 3.05) is 0 Å². The minimum Gasteiger partial charge on any atom is -0.392 e. The van der Waals surface area contributed by atoms with Crippen molar-refractivity contribution in [2.24, 2.45) is 12.8 Å². The third-order valence-electron chi connectivity index (χ3n) is 4.45. The molecule has 1 aromatic heterocycles. The summed E-state index contributed by atoms with van der Waals surface area (Å²) in [6, 6.07) is 18.7. The highest BCUT2D eigenvalue weighted by atomic mass is 79.9. The number of fused-ring (bicyclic) bond motifs is 3. The van der Waals surface area contributed by atoms with Gasteiger partial charge >= 0.3 is 0 Å². The molecule has 0 aliphatic carbocycles. The van der Waals surface area contributed by atoms with Crippen LogP contribution in [0.3, 0.4) is 0 Å². The van der Waals surface area contributed by atoms with Crippen molar-refractivity contribution in [3.63, 3.8) is 0 Å². The Hall–Kier alpha value is -2.16. The first-order valence-corrected chi connectivity index (χ1v) is 9.13. The lowest BCUT2D eigenvalue weighted by atomic mass is 9.85. The molecule has 118 valence electrons. The molecule has 2 N–H and O–H groups in total. The van der Waals surface area contributed by atoms with E-state index in [1.165, 1.54) is 11.8 Å². The highest BCUT2D eigenvalue weighted by Gasteiger charge is 2.33. The largest absolute Gasteiger partial charge is 0.392 e. The van der Waals surface area contributed by atoms with Gasteiger partial charge in [-0.1, -0.05) is 58.0 Å². The van der Waals surface area contributed by atoms with Crippen LogP contribution < -0.4 is 5.73 Å². The number of hydrogen-bond acceptors (Lipinski definition) is 3. The topological polar surface area (TPSA) is 54.7 Å². The summed E-state index contributed by atoms with van der Waals surface area (Å²) in [5.74, 6) is -0.134. The Labute approximate surface area is 152 Å². The van der Waals surface area contributed by atoms with E-state index in [2.05, 4.69) is 57.9 Å². The number of aryl methyl sites for hydroxylation is 1. The van der Waals surface area contributed by atoms with E-state index >= 15 is 0 Å². The average Bonchev–Trinajstić information content (AvgIpc) is 2.86. The van der Waals surface area contributed by atoms with E-state index in [1.54, 1.807) is 0 Å². The second-order valence-corrected chi connectivity index (χ2v) is 7.72. The number of halogens is 1. The van der Waals surface area contributed by atoms with Gasteiger partial charge in [-0.3, -0.25) is 0 Å². The number of benzene rings is 2. The van der Waals surface area contributed by atoms with Crippen LogP contribution in [0.5, 0.6) is 0 Å². The Bertz CT molecular complexity index is 1030. The van der Waals surface area contributed by atoms with Gasteiger partial charge in [-0.05, 0) is 23.8 Å². The number of thioether (sulfide) groups is 1. The summed E-state index contributed by atoms with van der Waals surface area (Å²) in [5.41, 5.74) is 10.3. The molecule has 3 aromatic rings.